The average molecular weight is 384 g/mol. The fourth-order valence-corrected chi connectivity index (χ4v) is 3.28. The SMILES string of the molecule is CSc1ccc(C(=O)O[C@H](C)C(=O)c2c[nH]c3ccccc23)cc1[N+](=O)[O-]. The van der Waals surface area contributed by atoms with Gasteiger partial charge in [0.15, 0.2) is 6.10 Å². The predicted octanol–water partition coefficient (Wildman–Crippen LogP) is 4.23. The molecule has 0 spiro atoms. The van der Waals surface area contributed by atoms with E-state index in [-0.39, 0.29) is 17.0 Å². The summed E-state index contributed by atoms with van der Waals surface area (Å²) in [7, 11) is 0. The number of nitrogens with zero attached hydrogens (tertiary/aromatic N) is 1. The summed E-state index contributed by atoms with van der Waals surface area (Å²) in [4.78, 5) is 39.1. The summed E-state index contributed by atoms with van der Waals surface area (Å²) in [6.07, 6.45) is 2.26. The number of thioether (sulfide) groups is 1. The van der Waals surface area contributed by atoms with E-state index in [1.807, 2.05) is 18.2 Å². The van der Waals surface area contributed by atoms with Gasteiger partial charge in [-0.25, -0.2) is 4.79 Å². The van der Waals surface area contributed by atoms with E-state index in [0.717, 1.165) is 17.0 Å². The maximum atomic E-state index is 12.7. The van der Waals surface area contributed by atoms with E-state index in [9.17, 15) is 19.7 Å². The molecular formula is C19H16N2O5S. The number of ether oxygens (including phenoxy) is 1. The molecule has 8 heteroatoms. The van der Waals surface area contributed by atoms with Gasteiger partial charge in [0.25, 0.3) is 5.69 Å². The molecule has 1 N–H and O–H groups in total. The van der Waals surface area contributed by atoms with Crippen LogP contribution >= 0.6 is 11.8 Å². The molecule has 0 amide bonds. The Hall–Kier alpha value is -3.13. The Balaban J connectivity index is 1.80. The number of aromatic amines is 1. The second kappa shape index (κ2) is 7.63. The van der Waals surface area contributed by atoms with Gasteiger partial charge in [0.05, 0.1) is 15.4 Å². The first kappa shape index (κ1) is 18.7. The second-order valence-corrected chi connectivity index (χ2v) is 6.65. The molecule has 7 nitrogen and oxygen atoms in total. The number of fused-ring (bicyclic) bond motifs is 1. The van der Waals surface area contributed by atoms with Crippen molar-refractivity contribution >= 4 is 40.1 Å². The molecule has 0 saturated heterocycles. The van der Waals surface area contributed by atoms with Crippen molar-refractivity contribution in [3.05, 3.63) is 69.9 Å². The number of nitrogens with one attached hydrogen (secondary N) is 1. The summed E-state index contributed by atoms with van der Waals surface area (Å²) < 4.78 is 5.25. The second-order valence-electron chi connectivity index (χ2n) is 5.80. The maximum absolute atomic E-state index is 12.7. The van der Waals surface area contributed by atoms with Gasteiger partial charge >= 0.3 is 5.97 Å². The fraction of sp³-hybridized carbons (Fsp3) is 0.158. The van der Waals surface area contributed by atoms with Crippen molar-refractivity contribution in [3.63, 3.8) is 0 Å². The zero-order valence-corrected chi connectivity index (χ0v) is 15.4. The molecule has 1 aromatic heterocycles. The van der Waals surface area contributed by atoms with Crippen LogP contribution in [0.4, 0.5) is 5.69 Å². The quantitative estimate of drug-likeness (QED) is 0.224. The number of hydrogen-bond donors (Lipinski definition) is 1. The number of rotatable bonds is 6. The highest BCUT2D eigenvalue weighted by molar-refractivity contribution is 7.98. The monoisotopic (exact) mass is 384 g/mol. The number of carbonyl (C=O) groups excluding carboxylic acids is 2. The summed E-state index contributed by atoms with van der Waals surface area (Å²) in [6, 6.07) is 11.4. The average Bonchev–Trinajstić information content (AvgIpc) is 3.10. The van der Waals surface area contributed by atoms with Gasteiger partial charge < -0.3 is 9.72 Å². The third-order valence-corrected chi connectivity index (χ3v) is 4.90. The number of benzene rings is 2. The number of carbonyl (C=O) groups is 2. The minimum atomic E-state index is -1.03. The van der Waals surface area contributed by atoms with E-state index in [0.29, 0.717) is 10.5 Å². The molecule has 0 saturated carbocycles. The van der Waals surface area contributed by atoms with Gasteiger partial charge in [-0.1, -0.05) is 18.2 Å². The summed E-state index contributed by atoms with van der Waals surface area (Å²) in [5, 5.41) is 11.9. The van der Waals surface area contributed by atoms with Gasteiger partial charge in [0.1, 0.15) is 0 Å². The van der Waals surface area contributed by atoms with Crippen LogP contribution in [0.2, 0.25) is 0 Å². The van der Waals surface area contributed by atoms with E-state index in [1.54, 1.807) is 18.5 Å². The predicted molar refractivity (Wildman–Crippen MR) is 102 cm³/mol. The van der Waals surface area contributed by atoms with Crippen LogP contribution in [0.15, 0.2) is 53.6 Å². The van der Waals surface area contributed by atoms with E-state index < -0.39 is 17.0 Å². The first-order chi connectivity index (χ1) is 12.9. The molecule has 0 bridgehead atoms. The highest BCUT2D eigenvalue weighted by atomic mass is 32.2. The Morgan fingerprint density at radius 3 is 2.67 bits per heavy atom. The minimum absolute atomic E-state index is 0.0260. The molecule has 3 aromatic rings. The standard InChI is InChI=1S/C19H16N2O5S/c1-11(18(22)14-10-20-15-6-4-3-5-13(14)15)26-19(23)12-7-8-17(27-2)16(9-12)21(24)25/h3-11,20H,1-2H3/t11-/m1/s1. The molecule has 0 unspecified atom stereocenters. The Kier molecular flexibility index (Phi) is 5.27. The Morgan fingerprint density at radius 1 is 1.22 bits per heavy atom. The molecule has 138 valence electrons. The number of H-pyrrole nitrogens is 1. The zero-order chi connectivity index (χ0) is 19.6. The molecule has 0 radical (unpaired) electrons. The number of aromatic nitrogens is 1. The number of nitro groups is 1. The largest absolute Gasteiger partial charge is 0.451 e. The number of hydrogen-bond acceptors (Lipinski definition) is 6. The van der Waals surface area contributed by atoms with Crippen molar-refractivity contribution in [2.45, 2.75) is 17.9 Å². The summed E-state index contributed by atoms with van der Waals surface area (Å²) >= 11 is 1.21. The lowest BCUT2D eigenvalue weighted by atomic mass is 10.1. The van der Waals surface area contributed by atoms with Crippen molar-refractivity contribution in [1.29, 1.82) is 0 Å². The van der Waals surface area contributed by atoms with Crippen LogP contribution in [-0.2, 0) is 4.74 Å². The van der Waals surface area contributed by atoms with Crippen LogP contribution in [0.3, 0.4) is 0 Å². The Labute approximate surface area is 158 Å². The van der Waals surface area contributed by atoms with Crippen LogP contribution in [0, 0.1) is 10.1 Å². The third kappa shape index (κ3) is 3.70. The summed E-state index contributed by atoms with van der Waals surface area (Å²) in [6.45, 7) is 1.48. The number of nitro benzene ring substituents is 1. The topological polar surface area (TPSA) is 102 Å². The molecule has 3 rings (SSSR count). The molecule has 2 aromatic carbocycles. The van der Waals surface area contributed by atoms with Gasteiger partial charge in [-0.05, 0) is 31.4 Å². The van der Waals surface area contributed by atoms with Crippen LogP contribution in [0.5, 0.6) is 0 Å². The Morgan fingerprint density at radius 2 is 1.96 bits per heavy atom. The van der Waals surface area contributed by atoms with Crippen molar-refractivity contribution in [3.8, 4) is 0 Å². The highest BCUT2D eigenvalue weighted by Crippen LogP contribution is 2.29. The lowest BCUT2D eigenvalue weighted by Crippen LogP contribution is -2.24. The van der Waals surface area contributed by atoms with Gasteiger partial charge in [-0.15, -0.1) is 11.8 Å². The van der Waals surface area contributed by atoms with Gasteiger partial charge in [0.2, 0.25) is 5.78 Å². The normalized spacial score (nSPS) is 11.9. The van der Waals surface area contributed by atoms with Crippen molar-refractivity contribution in [2.75, 3.05) is 6.26 Å². The highest BCUT2D eigenvalue weighted by Gasteiger charge is 2.24. The molecule has 0 aliphatic rings. The van der Waals surface area contributed by atoms with Crippen LogP contribution in [0.25, 0.3) is 10.9 Å². The maximum Gasteiger partial charge on any atom is 0.339 e. The van der Waals surface area contributed by atoms with Crippen molar-refractivity contribution in [2.24, 2.45) is 0 Å². The van der Waals surface area contributed by atoms with Crippen molar-refractivity contribution < 1.29 is 19.2 Å². The molecule has 27 heavy (non-hydrogen) atoms. The molecule has 0 fully saturated rings. The smallest absolute Gasteiger partial charge is 0.339 e. The first-order valence-corrected chi connectivity index (χ1v) is 9.28. The van der Waals surface area contributed by atoms with Gasteiger partial charge in [-0.2, -0.15) is 0 Å². The Bertz CT molecular complexity index is 1040. The van der Waals surface area contributed by atoms with Gasteiger partial charge in [-0.3, -0.25) is 14.9 Å². The number of ketones is 1. The number of Topliss-reactive ketones (excluding diaryl/α,β-unsaturated/α-hetero) is 1. The number of para-hydroxylation sites is 1. The van der Waals surface area contributed by atoms with E-state index in [1.165, 1.54) is 30.8 Å². The van der Waals surface area contributed by atoms with E-state index >= 15 is 0 Å². The lowest BCUT2D eigenvalue weighted by molar-refractivity contribution is -0.387. The van der Waals surface area contributed by atoms with Crippen LogP contribution in [-0.4, -0.2) is 34.0 Å². The first-order valence-electron chi connectivity index (χ1n) is 8.06. The van der Waals surface area contributed by atoms with Crippen LogP contribution < -0.4 is 0 Å². The number of esters is 1. The summed E-state index contributed by atoms with van der Waals surface area (Å²) in [5.41, 5.74) is 1.09. The third-order valence-electron chi connectivity index (χ3n) is 4.12. The lowest BCUT2D eigenvalue weighted by Gasteiger charge is -2.12. The molecule has 0 aliphatic carbocycles. The molecule has 1 atom stereocenters. The molecule has 1 heterocycles. The van der Waals surface area contributed by atoms with Crippen molar-refractivity contribution in [1.82, 2.24) is 4.98 Å². The van der Waals surface area contributed by atoms with Crippen LogP contribution in [0.1, 0.15) is 27.6 Å². The van der Waals surface area contributed by atoms with Gasteiger partial charge in [0, 0.05) is 28.7 Å². The molecule has 0 aliphatic heterocycles. The van der Waals surface area contributed by atoms with E-state index in [4.69, 9.17) is 4.74 Å². The minimum Gasteiger partial charge on any atom is -0.451 e. The zero-order valence-electron chi connectivity index (χ0n) is 14.6. The summed E-state index contributed by atoms with van der Waals surface area (Å²) in [5.74, 6) is -1.14. The molecular weight excluding hydrogens is 368 g/mol. The fourth-order valence-electron chi connectivity index (χ4n) is 2.74. The van der Waals surface area contributed by atoms with E-state index in [2.05, 4.69) is 4.98 Å².